The van der Waals surface area contributed by atoms with E-state index in [1.54, 1.807) is 26.1 Å². The van der Waals surface area contributed by atoms with Crippen molar-refractivity contribution in [3.8, 4) is 5.69 Å². The minimum Gasteiger partial charge on any atom is -0.465 e. The van der Waals surface area contributed by atoms with Crippen molar-refractivity contribution in [3.63, 3.8) is 0 Å². The van der Waals surface area contributed by atoms with Gasteiger partial charge in [0.15, 0.2) is 0 Å². The molecule has 134 valence electrons. The Morgan fingerprint density at radius 1 is 1.38 bits per heavy atom. The van der Waals surface area contributed by atoms with Gasteiger partial charge < -0.3 is 10.4 Å². The molecule has 0 saturated carbocycles. The zero-order chi connectivity index (χ0) is 19.0. The van der Waals surface area contributed by atoms with Crippen molar-refractivity contribution in [3.05, 3.63) is 63.2 Å². The summed E-state index contributed by atoms with van der Waals surface area (Å²) in [4.78, 5) is 32.5. The highest BCUT2D eigenvalue weighted by molar-refractivity contribution is 6.35. The molecule has 9 heteroatoms. The average Bonchev–Trinajstić information content (AvgIpc) is 2.58. The van der Waals surface area contributed by atoms with Gasteiger partial charge in [-0.1, -0.05) is 11.6 Å². The van der Waals surface area contributed by atoms with E-state index in [1.807, 2.05) is 0 Å². The van der Waals surface area contributed by atoms with E-state index in [4.69, 9.17) is 16.7 Å². The van der Waals surface area contributed by atoms with Gasteiger partial charge in [-0.15, -0.1) is 0 Å². The third-order valence-corrected chi connectivity index (χ3v) is 4.30. The predicted octanol–water partition coefficient (Wildman–Crippen LogP) is 3.21. The molecule has 0 unspecified atom stereocenters. The quantitative estimate of drug-likeness (QED) is 0.731. The maximum absolute atomic E-state index is 13.9. The number of aromatic nitrogens is 3. The van der Waals surface area contributed by atoms with E-state index in [0.717, 1.165) is 6.07 Å². The molecule has 2 N–H and O–H groups in total. The van der Waals surface area contributed by atoms with Gasteiger partial charge in [-0.3, -0.25) is 14.3 Å². The summed E-state index contributed by atoms with van der Waals surface area (Å²) in [7, 11) is 0. The van der Waals surface area contributed by atoms with Gasteiger partial charge in [0.25, 0.3) is 5.56 Å². The Balaban J connectivity index is 2.43. The molecule has 1 atom stereocenters. The molecule has 2 aromatic heterocycles. The Kier molecular flexibility index (Phi) is 4.60. The highest BCUT2D eigenvalue weighted by atomic mass is 35.5. The summed E-state index contributed by atoms with van der Waals surface area (Å²) >= 11 is 5.99. The number of benzene rings is 1. The van der Waals surface area contributed by atoms with Crippen molar-refractivity contribution in [1.29, 1.82) is 0 Å². The van der Waals surface area contributed by atoms with Crippen LogP contribution in [0.2, 0.25) is 5.02 Å². The number of halogens is 2. The van der Waals surface area contributed by atoms with Crippen LogP contribution in [0.5, 0.6) is 0 Å². The second kappa shape index (κ2) is 6.72. The summed E-state index contributed by atoms with van der Waals surface area (Å²) in [5, 5.41) is 10.9. The van der Waals surface area contributed by atoms with Gasteiger partial charge in [0, 0.05) is 6.20 Å². The van der Waals surface area contributed by atoms with E-state index in [9.17, 15) is 14.0 Å². The third-order valence-electron chi connectivity index (χ3n) is 3.93. The Morgan fingerprint density at radius 3 is 2.77 bits per heavy atom. The first-order chi connectivity index (χ1) is 12.3. The maximum atomic E-state index is 13.9. The first-order valence-corrected chi connectivity index (χ1v) is 8.00. The van der Waals surface area contributed by atoms with Crippen LogP contribution in [-0.2, 0) is 0 Å². The van der Waals surface area contributed by atoms with Gasteiger partial charge in [0.1, 0.15) is 11.6 Å². The van der Waals surface area contributed by atoms with Gasteiger partial charge in [-0.2, -0.15) is 0 Å². The Morgan fingerprint density at radius 2 is 2.12 bits per heavy atom. The molecule has 0 bridgehead atoms. The fraction of sp³-hybridized carbons (Fsp3) is 0.176. The van der Waals surface area contributed by atoms with Crippen molar-refractivity contribution in [2.75, 3.05) is 0 Å². The number of carboxylic acid groups (broad SMARTS) is 1. The van der Waals surface area contributed by atoms with E-state index in [2.05, 4.69) is 15.3 Å². The lowest BCUT2D eigenvalue weighted by Gasteiger charge is -2.19. The first kappa shape index (κ1) is 17.8. The zero-order valence-electron chi connectivity index (χ0n) is 13.8. The van der Waals surface area contributed by atoms with Crippen LogP contribution in [0.1, 0.15) is 24.4 Å². The van der Waals surface area contributed by atoms with Crippen LogP contribution >= 0.6 is 11.6 Å². The number of fused-ring (bicyclic) bond motifs is 1. The molecule has 3 rings (SSSR count). The molecule has 1 aromatic carbocycles. The standard InChI is InChI=1S/C17H14ClFN4O3/c1-8-5-6-20-7-12(8)23-15(9(2)21-17(25)26)22-11-4-3-10(19)14(18)13(11)16(23)24/h3-7,9,21H,1-2H3,(H,25,26)/t9-/m0/s1. The number of carbonyl (C=O) groups is 1. The van der Waals surface area contributed by atoms with Gasteiger partial charge in [0.2, 0.25) is 0 Å². The molecule has 0 spiro atoms. The summed E-state index contributed by atoms with van der Waals surface area (Å²) in [6, 6.07) is 3.32. The largest absolute Gasteiger partial charge is 0.465 e. The Bertz CT molecular complexity index is 1080. The smallest absolute Gasteiger partial charge is 0.405 e. The fourth-order valence-electron chi connectivity index (χ4n) is 2.69. The van der Waals surface area contributed by atoms with Crippen LogP contribution in [0, 0.1) is 12.7 Å². The van der Waals surface area contributed by atoms with E-state index < -0.39 is 23.5 Å². The lowest BCUT2D eigenvalue weighted by molar-refractivity contribution is 0.190. The van der Waals surface area contributed by atoms with Crippen molar-refractivity contribution >= 4 is 28.6 Å². The fourth-order valence-corrected chi connectivity index (χ4v) is 2.93. The molecule has 7 nitrogen and oxygen atoms in total. The number of amides is 1. The minimum atomic E-state index is -1.27. The summed E-state index contributed by atoms with van der Waals surface area (Å²) in [6.07, 6.45) is 1.75. The summed E-state index contributed by atoms with van der Waals surface area (Å²) in [6.45, 7) is 3.31. The lowest BCUT2D eigenvalue weighted by atomic mass is 10.2. The van der Waals surface area contributed by atoms with Crippen molar-refractivity contribution in [1.82, 2.24) is 19.9 Å². The molecule has 0 aliphatic heterocycles. The molecular weight excluding hydrogens is 363 g/mol. The van der Waals surface area contributed by atoms with E-state index in [-0.39, 0.29) is 21.7 Å². The topological polar surface area (TPSA) is 97.1 Å². The molecular formula is C17H14ClFN4O3. The summed E-state index contributed by atoms with van der Waals surface area (Å²) < 4.78 is 15.1. The molecule has 26 heavy (non-hydrogen) atoms. The second-order valence-corrected chi connectivity index (χ2v) is 6.08. The van der Waals surface area contributed by atoms with Crippen LogP contribution in [0.25, 0.3) is 16.6 Å². The normalized spacial score (nSPS) is 12.2. The number of hydrogen-bond donors (Lipinski definition) is 2. The van der Waals surface area contributed by atoms with Gasteiger partial charge >= 0.3 is 6.09 Å². The monoisotopic (exact) mass is 376 g/mol. The summed E-state index contributed by atoms with van der Waals surface area (Å²) in [5.41, 5.74) is 0.679. The van der Waals surface area contributed by atoms with E-state index >= 15 is 0 Å². The number of hydrogen-bond acceptors (Lipinski definition) is 4. The van der Waals surface area contributed by atoms with Crippen LogP contribution in [-0.4, -0.2) is 25.7 Å². The molecule has 1 amide bonds. The molecule has 0 saturated heterocycles. The predicted molar refractivity (Wildman–Crippen MR) is 94.4 cm³/mol. The molecule has 3 aromatic rings. The molecule has 2 heterocycles. The van der Waals surface area contributed by atoms with Gasteiger partial charge in [-0.05, 0) is 37.6 Å². The van der Waals surface area contributed by atoms with Crippen LogP contribution < -0.4 is 10.9 Å². The Labute approximate surface area is 152 Å². The van der Waals surface area contributed by atoms with E-state index in [0.29, 0.717) is 11.3 Å². The number of aryl methyl sites for hydroxylation is 1. The highest BCUT2D eigenvalue weighted by Gasteiger charge is 2.22. The molecule has 0 aliphatic rings. The van der Waals surface area contributed by atoms with Crippen molar-refractivity contribution in [2.45, 2.75) is 19.9 Å². The van der Waals surface area contributed by atoms with Gasteiger partial charge in [-0.25, -0.2) is 14.2 Å². The number of rotatable bonds is 3. The number of nitrogens with zero attached hydrogens (tertiary/aromatic N) is 3. The van der Waals surface area contributed by atoms with Crippen molar-refractivity contribution < 1.29 is 14.3 Å². The van der Waals surface area contributed by atoms with E-state index in [1.165, 1.54) is 16.8 Å². The maximum Gasteiger partial charge on any atom is 0.405 e. The number of nitrogens with one attached hydrogen (secondary N) is 1. The molecule has 0 radical (unpaired) electrons. The van der Waals surface area contributed by atoms with Crippen molar-refractivity contribution in [2.24, 2.45) is 0 Å². The minimum absolute atomic E-state index is 0.0822. The third kappa shape index (κ3) is 2.99. The average molecular weight is 377 g/mol. The zero-order valence-corrected chi connectivity index (χ0v) is 14.6. The highest BCUT2D eigenvalue weighted by Crippen LogP contribution is 2.25. The molecule has 0 fully saturated rings. The van der Waals surface area contributed by atoms with Gasteiger partial charge in [0.05, 0.1) is 33.9 Å². The lowest BCUT2D eigenvalue weighted by Crippen LogP contribution is -2.33. The van der Waals surface area contributed by atoms with Crippen LogP contribution in [0.3, 0.4) is 0 Å². The first-order valence-electron chi connectivity index (χ1n) is 7.62. The SMILES string of the molecule is Cc1ccncc1-n1c([C@H](C)NC(=O)O)nc2ccc(F)c(Cl)c2c1=O. The molecule has 0 aliphatic carbocycles. The van der Waals surface area contributed by atoms with Crippen LogP contribution in [0.4, 0.5) is 9.18 Å². The number of pyridine rings is 1. The van der Waals surface area contributed by atoms with Crippen LogP contribution in [0.15, 0.2) is 35.4 Å². The second-order valence-electron chi connectivity index (χ2n) is 5.70. The Hall–Kier alpha value is -3.00. The summed E-state index contributed by atoms with van der Waals surface area (Å²) in [5.74, 6) is -0.597.